The fourth-order valence-electron chi connectivity index (χ4n) is 3.11. The average molecular weight is 402 g/mol. The quantitative estimate of drug-likeness (QED) is 0.596. The molecule has 0 radical (unpaired) electrons. The largest absolute Gasteiger partial charge is 0.483 e. The molecule has 1 atom stereocenters. The summed E-state index contributed by atoms with van der Waals surface area (Å²) >= 11 is 0. The zero-order chi connectivity index (χ0) is 21.5. The first-order chi connectivity index (χ1) is 14.4. The van der Waals surface area contributed by atoms with Gasteiger partial charge in [0.1, 0.15) is 5.75 Å². The minimum atomic E-state index is -0.259. The first-order valence-corrected chi connectivity index (χ1v) is 9.88. The van der Waals surface area contributed by atoms with Gasteiger partial charge in [-0.25, -0.2) is 0 Å². The number of benzene rings is 3. The van der Waals surface area contributed by atoms with Crippen LogP contribution in [0.25, 0.3) is 0 Å². The highest BCUT2D eigenvalue weighted by Gasteiger charge is 2.12. The van der Waals surface area contributed by atoms with Gasteiger partial charge in [0.25, 0.3) is 11.8 Å². The SMILES string of the molecule is Cc1ccc(OCC(=O)Nc2ccc(C(=O)NC(C)c3ccccc3)cc2)c(C)c1. The van der Waals surface area contributed by atoms with Crippen LogP contribution in [0.2, 0.25) is 0 Å². The molecule has 3 aromatic rings. The smallest absolute Gasteiger partial charge is 0.262 e. The van der Waals surface area contributed by atoms with E-state index in [1.807, 2.05) is 69.3 Å². The number of ether oxygens (including phenoxy) is 1. The van der Waals surface area contributed by atoms with E-state index >= 15 is 0 Å². The van der Waals surface area contributed by atoms with Crippen molar-refractivity contribution in [2.24, 2.45) is 0 Å². The van der Waals surface area contributed by atoms with Gasteiger partial charge in [-0.1, -0.05) is 48.0 Å². The number of carbonyl (C=O) groups excluding carboxylic acids is 2. The van der Waals surface area contributed by atoms with Crippen LogP contribution in [-0.4, -0.2) is 18.4 Å². The van der Waals surface area contributed by atoms with Gasteiger partial charge >= 0.3 is 0 Å². The summed E-state index contributed by atoms with van der Waals surface area (Å²) in [6.45, 7) is 5.82. The highest BCUT2D eigenvalue weighted by molar-refractivity contribution is 5.96. The number of rotatable bonds is 7. The van der Waals surface area contributed by atoms with E-state index in [-0.39, 0.29) is 24.5 Å². The molecule has 2 N–H and O–H groups in total. The third-order valence-electron chi connectivity index (χ3n) is 4.77. The molecule has 0 bridgehead atoms. The molecule has 3 rings (SSSR count). The normalized spacial score (nSPS) is 11.4. The summed E-state index contributed by atoms with van der Waals surface area (Å²) in [7, 11) is 0. The molecule has 5 heteroatoms. The van der Waals surface area contributed by atoms with Gasteiger partial charge in [-0.3, -0.25) is 9.59 Å². The van der Waals surface area contributed by atoms with Crippen LogP contribution in [0.4, 0.5) is 5.69 Å². The highest BCUT2D eigenvalue weighted by atomic mass is 16.5. The van der Waals surface area contributed by atoms with Crippen LogP contribution in [0.15, 0.2) is 72.8 Å². The molecule has 0 aliphatic heterocycles. The lowest BCUT2D eigenvalue weighted by Gasteiger charge is -2.14. The number of anilines is 1. The van der Waals surface area contributed by atoms with Gasteiger partial charge in [-0.15, -0.1) is 0 Å². The van der Waals surface area contributed by atoms with Crippen molar-refractivity contribution < 1.29 is 14.3 Å². The van der Waals surface area contributed by atoms with E-state index in [4.69, 9.17) is 4.74 Å². The first-order valence-electron chi connectivity index (χ1n) is 9.88. The van der Waals surface area contributed by atoms with Crippen LogP contribution in [0.3, 0.4) is 0 Å². The van der Waals surface area contributed by atoms with E-state index in [2.05, 4.69) is 10.6 Å². The fourth-order valence-corrected chi connectivity index (χ4v) is 3.11. The molecule has 2 amide bonds. The molecule has 0 saturated carbocycles. The zero-order valence-corrected chi connectivity index (χ0v) is 17.4. The van der Waals surface area contributed by atoms with Crippen molar-refractivity contribution in [2.45, 2.75) is 26.8 Å². The molecule has 0 heterocycles. The molecule has 0 fully saturated rings. The Morgan fingerprint density at radius 2 is 1.63 bits per heavy atom. The second kappa shape index (κ2) is 9.74. The van der Waals surface area contributed by atoms with Gasteiger partial charge in [-0.2, -0.15) is 0 Å². The van der Waals surface area contributed by atoms with Crippen molar-refractivity contribution in [2.75, 3.05) is 11.9 Å². The third kappa shape index (κ3) is 5.70. The van der Waals surface area contributed by atoms with E-state index < -0.39 is 0 Å². The fraction of sp³-hybridized carbons (Fsp3) is 0.200. The Kier molecular flexibility index (Phi) is 6.86. The van der Waals surface area contributed by atoms with E-state index in [0.717, 1.165) is 16.7 Å². The molecule has 30 heavy (non-hydrogen) atoms. The van der Waals surface area contributed by atoms with Gasteiger partial charge < -0.3 is 15.4 Å². The van der Waals surface area contributed by atoms with Crippen LogP contribution in [-0.2, 0) is 4.79 Å². The van der Waals surface area contributed by atoms with Crippen molar-refractivity contribution in [3.05, 3.63) is 95.1 Å². The topological polar surface area (TPSA) is 67.4 Å². The van der Waals surface area contributed by atoms with Gasteiger partial charge in [0, 0.05) is 11.3 Å². The number of aryl methyl sites for hydroxylation is 2. The van der Waals surface area contributed by atoms with Crippen molar-refractivity contribution >= 4 is 17.5 Å². The molecule has 0 saturated heterocycles. The summed E-state index contributed by atoms with van der Waals surface area (Å²) in [5.74, 6) is 0.266. The number of hydrogen-bond donors (Lipinski definition) is 2. The minimum absolute atomic E-state index is 0.0826. The summed E-state index contributed by atoms with van der Waals surface area (Å²) in [5, 5.41) is 5.75. The molecule has 5 nitrogen and oxygen atoms in total. The highest BCUT2D eigenvalue weighted by Crippen LogP contribution is 2.19. The molecule has 0 spiro atoms. The second-order valence-corrected chi connectivity index (χ2v) is 7.29. The average Bonchev–Trinajstić information content (AvgIpc) is 2.74. The lowest BCUT2D eigenvalue weighted by molar-refractivity contribution is -0.118. The minimum Gasteiger partial charge on any atom is -0.483 e. The van der Waals surface area contributed by atoms with Gasteiger partial charge in [0.15, 0.2) is 6.61 Å². The van der Waals surface area contributed by atoms with Gasteiger partial charge in [-0.05, 0) is 62.2 Å². The van der Waals surface area contributed by atoms with Crippen LogP contribution in [0, 0.1) is 13.8 Å². The molecular formula is C25H26N2O3. The molecule has 154 valence electrons. The number of hydrogen-bond acceptors (Lipinski definition) is 3. The maximum atomic E-state index is 12.5. The lowest BCUT2D eigenvalue weighted by atomic mass is 10.1. The van der Waals surface area contributed by atoms with Gasteiger partial charge in [0.2, 0.25) is 0 Å². The van der Waals surface area contributed by atoms with Crippen LogP contribution in [0.1, 0.15) is 40.0 Å². The Morgan fingerprint density at radius 3 is 2.30 bits per heavy atom. The summed E-state index contributed by atoms with van der Waals surface area (Å²) in [5.41, 5.74) is 4.31. The van der Waals surface area contributed by atoms with E-state index in [1.165, 1.54) is 0 Å². The molecule has 1 unspecified atom stereocenters. The van der Waals surface area contributed by atoms with Crippen LogP contribution in [0.5, 0.6) is 5.75 Å². The molecule has 3 aromatic carbocycles. The first kappa shape index (κ1) is 21.1. The Hall–Kier alpha value is -3.60. The van der Waals surface area contributed by atoms with Crippen molar-refractivity contribution in [1.82, 2.24) is 5.32 Å². The van der Waals surface area contributed by atoms with Crippen LogP contribution < -0.4 is 15.4 Å². The molecular weight excluding hydrogens is 376 g/mol. The van der Waals surface area contributed by atoms with Crippen molar-refractivity contribution in [1.29, 1.82) is 0 Å². The van der Waals surface area contributed by atoms with E-state index in [9.17, 15) is 9.59 Å². The Morgan fingerprint density at radius 1 is 0.933 bits per heavy atom. The van der Waals surface area contributed by atoms with Crippen molar-refractivity contribution in [3.63, 3.8) is 0 Å². The Bertz CT molecular complexity index is 1010. The zero-order valence-electron chi connectivity index (χ0n) is 17.4. The summed E-state index contributed by atoms with van der Waals surface area (Å²) in [4.78, 5) is 24.6. The van der Waals surface area contributed by atoms with E-state index in [1.54, 1.807) is 24.3 Å². The summed E-state index contributed by atoms with van der Waals surface area (Å²) in [6.07, 6.45) is 0. The standard InChI is InChI=1S/C25H26N2O3/c1-17-9-14-23(18(2)15-17)30-16-24(28)27-22-12-10-21(11-13-22)25(29)26-19(3)20-7-5-4-6-8-20/h4-15,19H,16H2,1-3H3,(H,26,29)(H,27,28). The monoisotopic (exact) mass is 402 g/mol. The van der Waals surface area contributed by atoms with Gasteiger partial charge in [0.05, 0.1) is 6.04 Å². The lowest BCUT2D eigenvalue weighted by Crippen LogP contribution is -2.26. The van der Waals surface area contributed by atoms with E-state index in [0.29, 0.717) is 17.0 Å². The number of carbonyl (C=O) groups is 2. The van der Waals surface area contributed by atoms with Crippen LogP contribution >= 0.6 is 0 Å². The molecule has 0 aliphatic carbocycles. The second-order valence-electron chi connectivity index (χ2n) is 7.29. The summed E-state index contributed by atoms with van der Waals surface area (Å²) in [6, 6.07) is 22.3. The number of nitrogens with one attached hydrogen (secondary N) is 2. The molecule has 0 aromatic heterocycles. The summed E-state index contributed by atoms with van der Waals surface area (Å²) < 4.78 is 5.60. The Labute approximate surface area is 177 Å². The third-order valence-corrected chi connectivity index (χ3v) is 4.77. The number of amides is 2. The maximum absolute atomic E-state index is 12.5. The predicted molar refractivity (Wildman–Crippen MR) is 119 cm³/mol. The molecule has 0 aliphatic rings. The maximum Gasteiger partial charge on any atom is 0.262 e. The predicted octanol–water partition coefficient (Wildman–Crippen LogP) is 4.81. The Balaban J connectivity index is 1.52. The van der Waals surface area contributed by atoms with Crippen molar-refractivity contribution in [3.8, 4) is 5.75 Å².